The molecule has 2 aromatic carbocycles. The Morgan fingerprint density at radius 3 is 2.26 bits per heavy atom. The molecule has 1 aromatic heterocycles. The maximum Gasteiger partial charge on any atom is 0.421 e. The van der Waals surface area contributed by atoms with Gasteiger partial charge in [0.25, 0.3) is 5.91 Å². The van der Waals surface area contributed by atoms with Crippen molar-refractivity contribution >= 4 is 33.5 Å². The third-order valence-corrected chi connectivity index (χ3v) is 5.78. The van der Waals surface area contributed by atoms with Crippen molar-refractivity contribution in [3.8, 4) is 11.6 Å². The molecule has 39 heavy (non-hydrogen) atoms. The van der Waals surface area contributed by atoms with Gasteiger partial charge >= 0.3 is 12.1 Å². The van der Waals surface area contributed by atoms with Crippen molar-refractivity contribution < 1.29 is 50.9 Å². The fraction of sp³-hybridized carbons (Fsp3) is 0.240. The number of carboxylic acid groups (broad SMARTS) is 1. The molecule has 1 N–H and O–H groups in total. The second kappa shape index (κ2) is 12.5. The molecule has 0 radical (unpaired) electrons. The predicted molar refractivity (Wildman–Crippen MR) is 131 cm³/mol. The molecule has 0 unspecified atom stereocenters. The van der Waals surface area contributed by atoms with E-state index < -0.39 is 69.7 Å². The first-order valence-electron chi connectivity index (χ1n) is 10.9. The molecule has 0 aliphatic heterocycles. The first-order chi connectivity index (χ1) is 18.4. The minimum absolute atomic E-state index is 0.237. The average Bonchev–Trinajstić information content (AvgIpc) is 2.85. The van der Waals surface area contributed by atoms with Crippen LogP contribution in [-0.2, 0) is 15.7 Å². The van der Waals surface area contributed by atoms with Crippen molar-refractivity contribution in [1.82, 2.24) is 4.98 Å². The number of rotatable bonds is 10. The van der Waals surface area contributed by atoms with Crippen LogP contribution in [0.3, 0.4) is 0 Å². The van der Waals surface area contributed by atoms with Crippen LogP contribution in [0.25, 0.3) is 0 Å². The van der Waals surface area contributed by atoms with Gasteiger partial charge in [0, 0.05) is 37.0 Å². The van der Waals surface area contributed by atoms with Gasteiger partial charge in [0.1, 0.15) is 11.4 Å². The highest BCUT2D eigenvalue weighted by molar-refractivity contribution is 9.10. The fourth-order valence-electron chi connectivity index (χ4n) is 3.63. The van der Waals surface area contributed by atoms with Crippen LogP contribution < -0.4 is 9.64 Å². The first-order valence-corrected chi connectivity index (χ1v) is 11.7. The second-order valence-electron chi connectivity index (χ2n) is 7.92. The number of aromatic carboxylic acids is 1. The number of benzene rings is 2. The van der Waals surface area contributed by atoms with E-state index in [0.717, 1.165) is 29.3 Å². The predicted octanol–water partition coefficient (Wildman–Crippen LogP) is 5.94. The van der Waals surface area contributed by atoms with Gasteiger partial charge in [-0.2, -0.15) is 13.2 Å². The van der Waals surface area contributed by atoms with E-state index in [-0.39, 0.29) is 13.2 Å². The number of hydrogen-bond donors (Lipinski definition) is 1. The molecule has 0 spiro atoms. The number of carbonyl (C=O) groups excluding carboxylic acids is 1. The molecule has 0 aliphatic carbocycles. The summed E-state index contributed by atoms with van der Waals surface area (Å²) in [5, 5.41) is 9.91. The summed E-state index contributed by atoms with van der Waals surface area (Å²) in [6, 6.07) is 5.28. The minimum Gasteiger partial charge on any atom is -0.478 e. The molecule has 0 saturated heterocycles. The van der Waals surface area contributed by atoms with E-state index in [2.05, 4.69) is 20.9 Å². The van der Waals surface area contributed by atoms with Crippen molar-refractivity contribution in [3.63, 3.8) is 0 Å². The standard InChI is InChI=1S/C25H20BrF5N2O6/c1-37-11-14(12-38-2)33(23(34)15-6-5-13(26)8-18(15)27)20-10-19(28)21(9-16(20)24(35)36)39-22-17(25(29,30)31)4-3-7-32-22/h3-10,14H,11-12H2,1-2H3,(H,35,36). The summed E-state index contributed by atoms with van der Waals surface area (Å²) >= 11 is 3.08. The Hall–Kier alpha value is -3.62. The van der Waals surface area contributed by atoms with Crippen molar-refractivity contribution in [3.05, 3.63) is 81.5 Å². The lowest BCUT2D eigenvalue weighted by Gasteiger charge is -2.32. The van der Waals surface area contributed by atoms with Gasteiger partial charge in [-0.15, -0.1) is 0 Å². The third kappa shape index (κ3) is 6.88. The highest BCUT2D eigenvalue weighted by Crippen LogP contribution is 2.39. The zero-order chi connectivity index (χ0) is 28.9. The van der Waals surface area contributed by atoms with Crippen LogP contribution in [0.5, 0.6) is 11.6 Å². The number of methoxy groups -OCH3 is 2. The molecule has 8 nitrogen and oxygen atoms in total. The van der Waals surface area contributed by atoms with Gasteiger partial charge in [-0.3, -0.25) is 9.69 Å². The first kappa shape index (κ1) is 29.9. The Morgan fingerprint density at radius 1 is 1.03 bits per heavy atom. The Labute approximate surface area is 227 Å². The number of pyridine rings is 1. The molecule has 1 amide bonds. The Bertz CT molecular complexity index is 1370. The van der Waals surface area contributed by atoms with Gasteiger partial charge in [0.15, 0.2) is 11.6 Å². The Morgan fingerprint density at radius 2 is 1.69 bits per heavy atom. The molecule has 0 saturated carbocycles. The summed E-state index contributed by atoms with van der Waals surface area (Å²) in [5.74, 6) is -6.95. The zero-order valence-corrected chi connectivity index (χ0v) is 21.8. The van der Waals surface area contributed by atoms with Crippen LogP contribution in [0, 0.1) is 11.6 Å². The molecule has 0 bridgehead atoms. The fourth-order valence-corrected chi connectivity index (χ4v) is 3.96. The number of hydrogen-bond acceptors (Lipinski definition) is 6. The Balaban J connectivity index is 2.20. The molecule has 14 heteroatoms. The molecule has 1 heterocycles. The molecule has 3 rings (SSSR count). The number of aromatic nitrogens is 1. The SMILES string of the molecule is COCC(COC)N(C(=O)c1ccc(Br)cc1F)c1cc(F)c(Oc2ncccc2C(F)(F)F)cc1C(=O)O. The topological polar surface area (TPSA) is 98.2 Å². The number of anilines is 1. The summed E-state index contributed by atoms with van der Waals surface area (Å²) in [4.78, 5) is 30.1. The van der Waals surface area contributed by atoms with Gasteiger partial charge in [-0.25, -0.2) is 18.6 Å². The summed E-state index contributed by atoms with van der Waals surface area (Å²) in [5.41, 5.74) is -3.08. The lowest BCUT2D eigenvalue weighted by Crippen LogP contribution is -2.47. The van der Waals surface area contributed by atoms with Crippen molar-refractivity contribution in [2.45, 2.75) is 12.2 Å². The Kier molecular flexibility index (Phi) is 9.59. The molecular weight excluding hydrogens is 599 g/mol. The maximum atomic E-state index is 15.3. The van der Waals surface area contributed by atoms with Crippen LogP contribution in [0.4, 0.5) is 27.6 Å². The highest BCUT2D eigenvalue weighted by Gasteiger charge is 2.36. The summed E-state index contributed by atoms with van der Waals surface area (Å²) < 4.78 is 85.7. The molecule has 3 aromatic rings. The number of alkyl halides is 3. The summed E-state index contributed by atoms with van der Waals surface area (Å²) in [6.45, 7) is -0.473. The van der Waals surface area contributed by atoms with Crippen LogP contribution >= 0.6 is 15.9 Å². The summed E-state index contributed by atoms with van der Waals surface area (Å²) in [7, 11) is 2.57. The van der Waals surface area contributed by atoms with Crippen molar-refractivity contribution in [2.24, 2.45) is 0 Å². The van der Waals surface area contributed by atoms with E-state index in [1.807, 2.05) is 0 Å². The van der Waals surface area contributed by atoms with Crippen molar-refractivity contribution in [2.75, 3.05) is 32.3 Å². The maximum absolute atomic E-state index is 15.3. The second-order valence-corrected chi connectivity index (χ2v) is 8.84. The average molecular weight is 619 g/mol. The number of amides is 1. The molecule has 0 atom stereocenters. The van der Waals surface area contributed by atoms with Gasteiger partial charge in [0.2, 0.25) is 5.88 Å². The van der Waals surface area contributed by atoms with Gasteiger partial charge in [0.05, 0.1) is 36.1 Å². The lowest BCUT2D eigenvalue weighted by atomic mass is 10.1. The number of carbonyl (C=O) groups is 2. The number of halogens is 6. The van der Waals surface area contributed by atoms with Crippen LogP contribution in [0.1, 0.15) is 26.3 Å². The third-order valence-electron chi connectivity index (χ3n) is 5.29. The van der Waals surface area contributed by atoms with Gasteiger partial charge in [-0.05, 0) is 30.3 Å². The van der Waals surface area contributed by atoms with Crippen LogP contribution in [-0.4, -0.2) is 55.4 Å². The monoisotopic (exact) mass is 618 g/mol. The number of nitrogens with zero attached hydrogens (tertiary/aromatic N) is 2. The van der Waals surface area contributed by atoms with Crippen LogP contribution in [0.15, 0.2) is 53.1 Å². The molecule has 208 valence electrons. The highest BCUT2D eigenvalue weighted by atomic mass is 79.9. The number of ether oxygens (including phenoxy) is 3. The molecule has 0 fully saturated rings. The van der Waals surface area contributed by atoms with Gasteiger partial charge in [-0.1, -0.05) is 15.9 Å². The summed E-state index contributed by atoms with van der Waals surface area (Å²) in [6.07, 6.45) is -3.93. The minimum atomic E-state index is -4.90. The van der Waals surface area contributed by atoms with E-state index in [1.165, 1.54) is 20.3 Å². The van der Waals surface area contributed by atoms with E-state index >= 15 is 4.39 Å². The van der Waals surface area contributed by atoms with E-state index in [4.69, 9.17) is 14.2 Å². The van der Waals surface area contributed by atoms with E-state index in [9.17, 15) is 32.3 Å². The molecular formula is C25H20BrF5N2O6. The van der Waals surface area contributed by atoms with Gasteiger partial charge < -0.3 is 19.3 Å². The van der Waals surface area contributed by atoms with E-state index in [1.54, 1.807) is 0 Å². The lowest BCUT2D eigenvalue weighted by molar-refractivity contribution is -0.138. The molecule has 0 aliphatic rings. The number of carboxylic acids is 1. The smallest absolute Gasteiger partial charge is 0.421 e. The normalized spacial score (nSPS) is 11.5. The largest absolute Gasteiger partial charge is 0.478 e. The van der Waals surface area contributed by atoms with Crippen molar-refractivity contribution in [1.29, 1.82) is 0 Å². The zero-order valence-electron chi connectivity index (χ0n) is 20.3. The van der Waals surface area contributed by atoms with E-state index in [0.29, 0.717) is 22.7 Å². The van der Waals surface area contributed by atoms with Crippen LogP contribution in [0.2, 0.25) is 0 Å². The quantitative estimate of drug-likeness (QED) is 0.281.